The van der Waals surface area contributed by atoms with Crippen molar-refractivity contribution in [3.63, 3.8) is 0 Å². The molecule has 0 aliphatic carbocycles. The molecule has 1 fully saturated rings. The fraction of sp³-hybridized carbons (Fsp3) is 0.500. The van der Waals surface area contributed by atoms with Crippen LogP contribution in [0.4, 0.5) is 0 Å². The standard InChI is InChI=1S/C16H21NO3/c18-15(19)12-14(13-8-4-3-5-9-13)16(20)17-10-6-1-2-7-11-17/h3-5,8-9,14H,1-2,6-7,10-12H2,(H,18,19)/t14-/m1/s1. The summed E-state index contributed by atoms with van der Waals surface area (Å²) >= 11 is 0. The number of carboxylic acids is 1. The molecule has 1 aliphatic heterocycles. The number of carbonyl (C=O) groups excluding carboxylic acids is 1. The molecule has 1 aromatic rings. The molecule has 108 valence electrons. The van der Waals surface area contributed by atoms with Crippen LogP contribution in [-0.2, 0) is 9.59 Å². The number of hydrogen-bond donors (Lipinski definition) is 1. The van der Waals surface area contributed by atoms with E-state index in [9.17, 15) is 9.59 Å². The van der Waals surface area contributed by atoms with Gasteiger partial charge in [-0.3, -0.25) is 9.59 Å². The quantitative estimate of drug-likeness (QED) is 0.919. The van der Waals surface area contributed by atoms with Crippen LogP contribution in [0.15, 0.2) is 30.3 Å². The Morgan fingerprint density at radius 2 is 1.65 bits per heavy atom. The molecular formula is C16H21NO3. The first-order valence-corrected chi connectivity index (χ1v) is 7.24. The van der Waals surface area contributed by atoms with Crippen LogP contribution >= 0.6 is 0 Å². The van der Waals surface area contributed by atoms with Crippen LogP contribution in [0.25, 0.3) is 0 Å². The molecule has 0 radical (unpaired) electrons. The van der Waals surface area contributed by atoms with Crippen LogP contribution in [-0.4, -0.2) is 35.0 Å². The number of rotatable bonds is 4. The van der Waals surface area contributed by atoms with Crippen LogP contribution in [0.5, 0.6) is 0 Å². The first-order chi connectivity index (χ1) is 9.68. The molecule has 4 heteroatoms. The molecule has 0 saturated carbocycles. The zero-order valence-corrected chi connectivity index (χ0v) is 11.6. The van der Waals surface area contributed by atoms with Gasteiger partial charge in [-0.2, -0.15) is 0 Å². The molecule has 0 bridgehead atoms. The number of aliphatic carboxylic acids is 1. The summed E-state index contributed by atoms with van der Waals surface area (Å²) in [5.74, 6) is -1.53. The largest absolute Gasteiger partial charge is 0.481 e. The number of nitrogens with zero attached hydrogens (tertiary/aromatic N) is 1. The highest BCUT2D eigenvalue weighted by atomic mass is 16.4. The van der Waals surface area contributed by atoms with Crippen molar-refractivity contribution in [2.24, 2.45) is 0 Å². The lowest BCUT2D eigenvalue weighted by molar-refractivity contribution is -0.142. The van der Waals surface area contributed by atoms with Gasteiger partial charge in [0.25, 0.3) is 0 Å². The lowest BCUT2D eigenvalue weighted by atomic mass is 9.94. The number of hydrogen-bond acceptors (Lipinski definition) is 2. The van der Waals surface area contributed by atoms with Crippen LogP contribution < -0.4 is 0 Å². The van der Waals surface area contributed by atoms with E-state index in [1.54, 1.807) is 0 Å². The topological polar surface area (TPSA) is 57.6 Å². The Morgan fingerprint density at radius 1 is 1.05 bits per heavy atom. The predicted octanol–water partition coefficient (Wildman–Crippen LogP) is 2.65. The van der Waals surface area contributed by atoms with E-state index in [4.69, 9.17) is 5.11 Å². The number of benzene rings is 1. The minimum absolute atomic E-state index is 0.0412. The van der Waals surface area contributed by atoms with Crippen LogP contribution in [0.2, 0.25) is 0 Å². The van der Waals surface area contributed by atoms with Gasteiger partial charge in [-0.1, -0.05) is 43.2 Å². The molecule has 1 amide bonds. The van der Waals surface area contributed by atoms with E-state index in [0.717, 1.165) is 44.3 Å². The smallest absolute Gasteiger partial charge is 0.304 e. The van der Waals surface area contributed by atoms with Crippen molar-refractivity contribution in [1.82, 2.24) is 4.90 Å². The third-order valence-electron chi connectivity index (χ3n) is 3.80. The lowest BCUT2D eigenvalue weighted by Gasteiger charge is -2.25. The van der Waals surface area contributed by atoms with Crippen molar-refractivity contribution in [3.05, 3.63) is 35.9 Å². The molecule has 20 heavy (non-hydrogen) atoms. The maximum atomic E-state index is 12.6. The first-order valence-electron chi connectivity index (χ1n) is 7.24. The van der Waals surface area contributed by atoms with Crippen molar-refractivity contribution in [2.75, 3.05) is 13.1 Å². The maximum absolute atomic E-state index is 12.6. The van der Waals surface area contributed by atoms with Gasteiger partial charge in [0.15, 0.2) is 0 Å². The van der Waals surface area contributed by atoms with Gasteiger partial charge in [0.1, 0.15) is 0 Å². The third kappa shape index (κ3) is 3.83. The van der Waals surface area contributed by atoms with Gasteiger partial charge in [0.2, 0.25) is 5.91 Å². The van der Waals surface area contributed by atoms with Gasteiger partial charge in [0.05, 0.1) is 12.3 Å². The minimum atomic E-state index is -0.929. The van der Waals surface area contributed by atoms with Crippen molar-refractivity contribution in [2.45, 2.75) is 38.0 Å². The monoisotopic (exact) mass is 275 g/mol. The van der Waals surface area contributed by atoms with Gasteiger partial charge >= 0.3 is 5.97 Å². The third-order valence-corrected chi connectivity index (χ3v) is 3.80. The Kier molecular flexibility index (Phi) is 5.16. The zero-order valence-electron chi connectivity index (χ0n) is 11.6. The number of carbonyl (C=O) groups is 2. The highest BCUT2D eigenvalue weighted by Gasteiger charge is 2.28. The summed E-state index contributed by atoms with van der Waals surface area (Å²) < 4.78 is 0. The molecule has 1 heterocycles. The van der Waals surface area contributed by atoms with Gasteiger partial charge in [-0.05, 0) is 18.4 Å². The molecule has 1 N–H and O–H groups in total. The molecule has 4 nitrogen and oxygen atoms in total. The average Bonchev–Trinajstić information content (AvgIpc) is 2.74. The maximum Gasteiger partial charge on any atom is 0.304 e. The van der Waals surface area contributed by atoms with Gasteiger partial charge in [0, 0.05) is 13.1 Å². The summed E-state index contributed by atoms with van der Waals surface area (Å²) in [6.45, 7) is 1.50. The van der Waals surface area contributed by atoms with E-state index in [0.29, 0.717) is 0 Å². The molecule has 0 aromatic heterocycles. The molecule has 0 unspecified atom stereocenters. The van der Waals surface area contributed by atoms with Crippen molar-refractivity contribution < 1.29 is 14.7 Å². The molecule has 1 atom stereocenters. The fourth-order valence-electron chi connectivity index (χ4n) is 2.72. The summed E-state index contributed by atoms with van der Waals surface area (Å²) in [6, 6.07) is 9.24. The Bertz CT molecular complexity index is 450. The average molecular weight is 275 g/mol. The van der Waals surface area contributed by atoms with Crippen molar-refractivity contribution in [1.29, 1.82) is 0 Å². The second kappa shape index (κ2) is 7.08. The molecule has 1 aliphatic rings. The highest BCUT2D eigenvalue weighted by molar-refractivity contribution is 5.87. The predicted molar refractivity (Wildman–Crippen MR) is 76.5 cm³/mol. The number of amides is 1. The molecule has 0 spiro atoms. The Hall–Kier alpha value is -1.84. The van der Waals surface area contributed by atoms with Gasteiger partial charge in [-0.15, -0.1) is 0 Å². The van der Waals surface area contributed by atoms with Crippen LogP contribution in [0.1, 0.15) is 43.6 Å². The number of carboxylic acid groups (broad SMARTS) is 1. The summed E-state index contributed by atoms with van der Waals surface area (Å²) in [5, 5.41) is 9.08. The van der Waals surface area contributed by atoms with E-state index in [1.807, 2.05) is 35.2 Å². The molecule has 2 rings (SSSR count). The highest BCUT2D eigenvalue weighted by Crippen LogP contribution is 2.24. The summed E-state index contributed by atoms with van der Waals surface area (Å²) in [4.78, 5) is 25.6. The zero-order chi connectivity index (χ0) is 14.4. The van der Waals surface area contributed by atoms with E-state index in [2.05, 4.69) is 0 Å². The fourth-order valence-corrected chi connectivity index (χ4v) is 2.72. The first kappa shape index (κ1) is 14.6. The molecule has 1 aromatic carbocycles. The molecular weight excluding hydrogens is 254 g/mol. The second-order valence-electron chi connectivity index (χ2n) is 5.30. The van der Waals surface area contributed by atoms with E-state index < -0.39 is 11.9 Å². The van der Waals surface area contributed by atoms with E-state index >= 15 is 0 Å². The van der Waals surface area contributed by atoms with Gasteiger partial charge in [-0.25, -0.2) is 0 Å². The normalized spacial score (nSPS) is 17.3. The molecule has 1 saturated heterocycles. The van der Waals surface area contributed by atoms with Crippen LogP contribution in [0, 0.1) is 0 Å². The number of likely N-dealkylation sites (tertiary alicyclic amines) is 1. The lowest BCUT2D eigenvalue weighted by Crippen LogP contribution is -2.36. The minimum Gasteiger partial charge on any atom is -0.481 e. The second-order valence-corrected chi connectivity index (χ2v) is 5.30. The van der Waals surface area contributed by atoms with Crippen LogP contribution in [0.3, 0.4) is 0 Å². The van der Waals surface area contributed by atoms with Crippen molar-refractivity contribution in [3.8, 4) is 0 Å². The van der Waals surface area contributed by atoms with E-state index in [1.165, 1.54) is 0 Å². The van der Waals surface area contributed by atoms with Gasteiger partial charge < -0.3 is 10.0 Å². The van der Waals surface area contributed by atoms with E-state index in [-0.39, 0.29) is 12.3 Å². The van der Waals surface area contributed by atoms with Crippen molar-refractivity contribution >= 4 is 11.9 Å². The Morgan fingerprint density at radius 3 is 2.20 bits per heavy atom. The summed E-state index contributed by atoms with van der Waals surface area (Å²) in [5.41, 5.74) is 0.796. The summed E-state index contributed by atoms with van der Waals surface area (Å²) in [7, 11) is 0. The summed E-state index contributed by atoms with van der Waals surface area (Å²) in [6.07, 6.45) is 4.19. The SMILES string of the molecule is O=C(O)C[C@@H](C(=O)N1CCCCCC1)c1ccccc1. The Balaban J connectivity index is 2.17. The Labute approximate surface area is 119 Å².